The van der Waals surface area contributed by atoms with Crippen LogP contribution in [0.4, 0.5) is 5.69 Å². The monoisotopic (exact) mass is 308 g/mol. The van der Waals surface area contributed by atoms with Gasteiger partial charge in [-0.15, -0.1) is 0 Å². The van der Waals surface area contributed by atoms with Crippen LogP contribution in [0.2, 0.25) is 0 Å². The summed E-state index contributed by atoms with van der Waals surface area (Å²) in [6.45, 7) is 7.11. The van der Waals surface area contributed by atoms with Crippen molar-refractivity contribution in [1.29, 1.82) is 0 Å². The fraction of sp³-hybridized carbons (Fsp3) is 0.316. The molecule has 4 N–H and O–H groups in total. The number of anilines is 1. The van der Waals surface area contributed by atoms with Crippen molar-refractivity contribution in [2.45, 2.75) is 39.8 Å². The Hall–Kier alpha value is -2.33. The number of aromatic nitrogens is 2. The van der Waals surface area contributed by atoms with Crippen LogP contribution in [0.25, 0.3) is 22.4 Å². The van der Waals surface area contributed by atoms with Crippen molar-refractivity contribution in [1.82, 2.24) is 9.55 Å². The fourth-order valence-electron chi connectivity index (χ4n) is 2.83. The van der Waals surface area contributed by atoms with Gasteiger partial charge in [-0.1, -0.05) is 19.1 Å². The van der Waals surface area contributed by atoms with Crippen molar-refractivity contribution in [3.63, 3.8) is 0 Å². The smallest absolute Gasteiger partial charge is 0.141 e. The molecule has 0 amide bonds. The van der Waals surface area contributed by atoms with Crippen LogP contribution in [0.15, 0.2) is 36.4 Å². The first-order valence-electron chi connectivity index (χ1n) is 8.08. The van der Waals surface area contributed by atoms with Gasteiger partial charge in [0.1, 0.15) is 5.82 Å². The minimum atomic E-state index is 0.105. The second-order valence-electron chi connectivity index (χ2n) is 6.26. The molecule has 4 nitrogen and oxygen atoms in total. The van der Waals surface area contributed by atoms with Crippen LogP contribution >= 0.6 is 0 Å². The SMILES string of the molecule is CCC(N)Cn1c(-c2cccc(N)c2)nc2cc(C)c(C)cc21. The van der Waals surface area contributed by atoms with E-state index in [1.165, 1.54) is 11.1 Å². The Balaban J connectivity index is 2.24. The molecule has 0 radical (unpaired) electrons. The third-order valence-corrected chi connectivity index (χ3v) is 4.45. The molecule has 2 aromatic carbocycles. The molecule has 120 valence electrons. The highest BCUT2D eigenvalue weighted by Crippen LogP contribution is 2.28. The second kappa shape index (κ2) is 6.05. The minimum absolute atomic E-state index is 0.105. The molecular formula is C19H24N4. The molecule has 0 saturated carbocycles. The normalized spacial score (nSPS) is 12.7. The summed E-state index contributed by atoms with van der Waals surface area (Å²) in [7, 11) is 0. The predicted octanol–water partition coefficient (Wildman–Crippen LogP) is 3.64. The third-order valence-electron chi connectivity index (χ3n) is 4.45. The Bertz CT molecular complexity index is 848. The molecule has 1 heterocycles. The lowest BCUT2D eigenvalue weighted by atomic mass is 10.1. The summed E-state index contributed by atoms with van der Waals surface area (Å²) in [4.78, 5) is 4.87. The van der Waals surface area contributed by atoms with E-state index in [0.29, 0.717) is 0 Å². The molecule has 1 unspecified atom stereocenters. The number of benzene rings is 2. The average molecular weight is 308 g/mol. The number of rotatable bonds is 4. The number of nitrogens with two attached hydrogens (primary N) is 2. The number of imidazole rings is 1. The average Bonchev–Trinajstić information content (AvgIpc) is 2.85. The van der Waals surface area contributed by atoms with E-state index in [0.717, 1.165) is 41.1 Å². The van der Waals surface area contributed by atoms with Crippen LogP contribution in [-0.2, 0) is 6.54 Å². The maximum atomic E-state index is 6.23. The molecular weight excluding hydrogens is 284 g/mol. The second-order valence-corrected chi connectivity index (χ2v) is 6.26. The van der Waals surface area contributed by atoms with Gasteiger partial charge in [-0.2, -0.15) is 0 Å². The van der Waals surface area contributed by atoms with Gasteiger partial charge in [-0.05, 0) is 55.7 Å². The molecule has 0 fully saturated rings. The third kappa shape index (κ3) is 2.94. The van der Waals surface area contributed by atoms with Gasteiger partial charge in [-0.3, -0.25) is 0 Å². The van der Waals surface area contributed by atoms with E-state index in [9.17, 15) is 0 Å². The molecule has 1 atom stereocenters. The Morgan fingerprint density at radius 2 is 1.87 bits per heavy atom. The summed E-state index contributed by atoms with van der Waals surface area (Å²) >= 11 is 0. The van der Waals surface area contributed by atoms with E-state index in [1.54, 1.807) is 0 Å². The molecule has 0 aliphatic carbocycles. The van der Waals surface area contributed by atoms with Crippen LogP contribution in [0.3, 0.4) is 0 Å². The molecule has 0 saturated heterocycles. The van der Waals surface area contributed by atoms with Crippen LogP contribution < -0.4 is 11.5 Å². The summed E-state index contributed by atoms with van der Waals surface area (Å²) in [6, 6.07) is 12.3. The van der Waals surface area contributed by atoms with Crippen molar-refractivity contribution in [2.75, 3.05) is 5.73 Å². The van der Waals surface area contributed by atoms with Crippen molar-refractivity contribution in [2.24, 2.45) is 5.73 Å². The number of fused-ring (bicyclic) bond motifs is 1. The Morgan fingerprint density at radius 1 is 1.13 bits per heavy atom. The van der Waals surface area contributed by atoms with Crippen molar-refractivity contribution >= 4 is 16.7 Å². The number of aryl methyl sites for hydroxylation is 2. The maximum absolute atomic E-state index is 6.23. The molecule has 3 rings (SSSR count). The number of nitrogens with zero attached hydrogens (tertiary/aromatic N) is 2. The van der Waals surface area contributed by atoms with Gasteiger partial charge in [0.2, 0.25) is 0 Å². The van der Waals surface area contributed by atoms with Gasteiger partial charge in [0.15, 0.2) is 0 Å². The van der Waals surface area contributed by atoms with Gasteiger partial charge in [0, 0.05) is 23.8 Å². The van der Waals surface area contributed by atoms with E-state index in [-0.39, 0.29) is 6.04 Å². The van der Waals surface area contributed by atoms with Gasteiger partial charge < -0.3 is 16.0 Å². The largest absolute Gasteiger partial charge is 0.399 e. The summed E-state index contributed by atoms with van der Waals surface area (Å²) in [5.41, 5.74) is 18.6. The lowest BCUT2D eigenvalue weighted by Gasteiger charge is -2.14. The molecule has 0 spiro atoms. The summed E-state index contributed by atoms with van der Waals surface area (Å²) in [5.74, 6) is 0.932. The predicted molar refractivity (Wildman–Crippen MR) is 97.3 cm³/mol. The minimum Gasteiger partial charge on any atom is -0.399 e. The van der Waals surface area contributed by atoms with E-state index >= 15 is 0 Å². The summed E-state index contributed by atoms with van der Waals surface area (Å²) in [5, 5.41) is 0. The number of hydrogen-bond donors (Lipinski definition) is 2. The first kappa shape index (κ1) is 15.6. The van der Waals surface area contributed by atoms with E-state index in [4.69, 9.17) is 16.5 Å². The Morgan fingerprint density at radius 3 is 2.57 bits per heavy atom. The van der Waals surface area contributed by atoms with Gasteiger partial charge >= 0.3 is 0 Å². The van der Waals surface area contributed by atoms with Crippen LogP contribution in [0.5, 0.6) is 0 Å². The summed E-state index contributed by atoms with van der Waals surface area (Å²) in [6.07, 6.45) is 0.931. The molecule has 0 bridgehead atoms. The van der Waals surface area contributed by atoms with E-state index in [1.807, 2.05) is 24.3 Å². The van der Waals surface area contributed by atoms with Crippen molar-refractivity contribution < 1.29 is 0 Å². The maximum Gasteiger partial charge on any atom is 0.141 e. The zero-order chi connectivity index (χ0) is 16.6. The van der Waals surface area contributed by atoms with E-state index in [2.05, 4.69) is 37.5 Å². The highest BCUT2D eigenvalue weighted by atomic mass is 15.1. The standard InChI is InChI=1S/C19H24N4/c1-4-15(20)11-23-18-9-13(3)12(2)8-17(18)22-19(23)14-6-5-7-16(21)10-14/h5-10,15H,4,11,20-21H2,1-3H3. The van der Waals surface area contributed by atoms with Gasteiger partial charge in [0.05, 0.1) is 11.0 Å². The van der Waals surface area contributed by atoms with Crippen molar-refractivity contribution in [3.8, 4) is 11.4 Å². The van der Waals surface area contributed by atoms with Gasteiger partial charge in [0.25, 0.3) is 0 Å². The fourth-order valence-corrected chi connectivity index (χ4v) is 2.83. The Kier molecular flexibility index (Phi) is 4.09. The highest BCUT2D eigenvalue weighted by Gasteiger charge is 2.15. The van der Waals surface area contributed by atoms with Crippen molar-refractivity contribution in [3.05, 3.63) is 47.5 Å². The van der Waals surface area contributed by atoms with Gasteiger partial charge in [-0.25, -0.2) is 4.98 Å². The first-order valence-corrected chi connectivity index (χ1v) is 8.08. The summed E-state index contributed by atoms with van der Waals surface area (Å²) < 4.78 is 2.23. The lowest BCUT2D eigenvalue weighted by molar-refractivity contribution is 0.551. The molecule has 4 heteroatoms. The molecule has 0 aliphatic rings. The molecule has 0 aliphatic heterocycles. The van der Waals surface area contributed by atoms with E-state index < -0.39 is 0 Å². The van der Waals surface area contributed by atoms with Crippen LogP contribution in [0, 0.1) is 13.8 Å². The first-order chi connectivity index (χ1) is 11.0. The van der Waals surface area contributed by atoms with Crippen LogP contribution in [-0.4, -0.2) is 15.6 Å². The molecule has 3 aromatic rings. The lowest BCUT2D eigenvalue weighted by Crippen LogP contribution is -2.25. The quantitative estimate of drug-likeness (QED) is 0.723. The Labute approximate surface area is 137 Å². The highest BCUT2D eigenvalue weighted by molar-refractivity contribution is 5.82. The number of hydrogen-bond acceptors (Lipinski definition) is 3. The topological polar surface area (TPSA) is 69.9 Å². The zero-order valence-electron chi connectivity index (χ0n) is 14.0. The van der Waals surface area contributed by atoms with Crippen LogP contribution in [0.1, 0.15) is 24.5 Å². The molecule has 23 heavy (non-hydrogen) atoms. The zero-order valence-corrected chi connectivity index (χ0v) is 14.0. The molecule has 1 aromatic heterocycles. The number of nitrogen functional groups attached to an aromatic ring is 1.